The summed E-state index contributed by atoms with van der Waals surface area (Å²) in [5.41, 5.74) is 10.8. The molecule has 2 aromatic rings. The zero-order valence-corrected chi connectivity index (χ0v) is 25.2. The molecule has 1 fully saturated rings. The molecular formula is C37H50O. The molecule has 0 bridgehead atoms. The van der Waals surface area contributed by atoms with E-state index in [1.54, 1.807) is 0 Å². The van der Waals surface area contributed by atoms with Gasteiger partial charge in [0.1, 0.15) is 0 Å². The zero-order chi connectivity index (χ0) is 28.5. The van der Waals surface area contributed by atoms with Crippen LogP contribution in [0.3, 0.4) is 0 Å². The first-order valence-corrected chi connectivity index (χ1v) is 13.9. The van der Waals surface area contributed by atoms with Crippen molar-refractivity contribution in [3.8, 4) is 24.2 Å². The van der Waals surface area contributed by atoms with E-state index in [1.807, 2.05) is 6.92 Å². The van der Waals surface area contributed by atoms with Crippen molar-refractivity contribution in [1.82, 2.24) is 0 Å². The minimum absolute atomic E-state index is 0.525. The first-order chi connectivity index (χ1) is 18.0. The largest absolute Gasteiger partial charge is 0.373 e. The summed E-state index contributed by atoms with van der Waals surface area (Å²) in [5.74, 6) is 9.90. The molecule has 1 aliphatic heterocycles. The summed E-state index contributed by atoms with van der Waals surface area (Å²) >= 11 is 0. The van der Waals surface area contributed by atoms with Crippen molar-refractivity contribution in [2.45, 2.75) is 99.5 Å². The molecule has 0 unspecified atom stereocenters. The van der Waals surface area contributed by atoms with E-state index in [4.69, 9.17) is 11.2 Å². The van der Waals surface area contributed by atoms with E-state index in [9.17, 15) is 0 Å². The van der Waals surface area contributed by atoms with Crippen molar-refractivity contribution in [3.05, 3.63) is 94.1 Å². The molecular weight excluding hydrogens is 460 g/mol. The van der Waals surface area contributed by atoms with E-state index >= 15 is 0 Å². The van der Waals surface area contributed by atoms with Crippen LogP contribution in [-0.2, 0) is 17.6 Å². The minimum atomic E-state index is 0.525. The Kier molecular flexibility index (Phi) is 15.9. The van der Waals surface area contributed by atoms with Gasteiger partial charge in [-0.25, -0.2) is 0 Å². The van der Waals surface area contributed by atoms with Gasteiger partial charge in [0.15, 0.2) is 0 Å². The number of hydrogen-bond acceptors (Lipinski definition) is 1. The highest BCUT2D eigenvalue weighted by atomic mass is 16.6. The van der Waals surface area contributed by atoms with Crippen LogP contribution in [0.4, 0.5) is 0 Å². The van der Waals surface area contributed by atoms with Gasteiger partial charge >= 0.3 is 0 Å². The average Bonchev–Trinajstić information content (AvgIpc) is 3.66. The first-order valence-electron chi connectivity index (χ1n) is 13.9. The molecule has 1 aliphatic rings. The van der Waals surface area contributed by atoms with Gasteiger partial charge in [-0.1, -0.05) is 54.5 Å². The van der Waals surface area contributed by atoms with E-state index in [-0.39, 0.29) is 0 Å². The summed E-state index contributed by atoms with van der Waals surface area (Å²) in [5, 5.41) is 0. The van der Waals surface area contributed by atoms with E-state index in [0.717, 1.165) is 51.6 Å². The van der Waals surface area contributed by atoms with Gasteiger partial charge < -0.3 is 4.74 Å². The van der Waals surface area contributed by atoms with Crippen LogP contribution in [0, 0.1) is 57.8 Å². The van der Waals surface area contributed by atoms with Crippen molar-refractivity contribution in [1.29, 1.82) is 0 Å². The summed E-state index contributed by atoms with van der Waals surface area (Å²) in [4.78, 5) is 0. The third kappa shape index (κ3) is 14.7. The van der Waals surface area contributed by atoms with Gasteiger partial charge in [-0.2, -0.15) is 0 Å². The number of hydrogen-bond donors (Lipinski definition) is 0. The first kappa shape index (κ1) is 33.0. The van der Waals surface area contributed by atoms with E-state index in [2.05, 4.69) is 109 Å². The van der Waals surface area contributed by atoms with Crippen LogP contribution in [0.5, 0.6) is 0 Å². The number of rotatable bonds is 9. The van der Waals surface area contributed by atoms with Crippen LogP contribution in [0.1, 0.15) is 86.3 Å². The predicted octanol–water partition coefficient (Wildman–Crippen LogP) is 9.45. The number of terminal acetylenes is 1. The number of benzene rings is 2. The Morgan fingerprint density at radius 2 is 1.42 bits per heavy atom. The molecule has 1 heteroatoms. The van der Waals surface area contributed by atoms with Crippen LogP contribution in [0.2, 0.25) is 0 Å². The lowest BCUT2D eigenvalue weighted by Gasteiger charge is -2.06. The highest BCUT2D eigenvalue weighted by Gasteiger charge is 2.21. The van der Waals surface area contributed by atoms with Crippen molar-refractivity contribution in [3.63, 3.8) is 0 Å². The fraction of sp³-hybridized carbons (Fsp3) is 0.459. The maximum absolute atomic E-state index is 5.21. The third-order valence-electron chi connectivity index (χ3n) is 6.74. The Balaban J connectivity index is 0.000000321. The molecule has 38 heavy (non-hydrogen) atoms. The molecule has 1 heterocycles. The van der Waals surface area contributed by atoms with Gasteiger partial charge in [-0.15, -0.1) is 37.3 Å². The van der Waals surface area contributed by atoms with Crippen LogP contribution in [0.15, 0.2) is 60.7 Å². The highest BCUT2D eigenvalue weighted by Crippen LogP contribution is 2.17. The summed E-state index contributed by atoms with van der Waals surface area (Å²) in [6.07, 6.45) is 12.7. The fourth-order valence-electron chi connectivity index (χ4n) is 4.15. The van der Waals surface area contributed by atoms with Gasteiger partial charge in [0.25, 0.3) is 0 Å². The second-order valence-electron chi connectivity index (χ2n) is 10.9. The number of epoxide rings is 1. The molecule has 0 aromatic heterocycles. The summed E-state index contributed by atoms with van der Waals surface area (Å²) in [7, 11) is 0. The Morgan fingerprint density at radius 3 is 1.84 bits per heavy atom. The Morgan fingerprint density at radius 1 is 0.895 bits per heavy atom. The smallest absolute Gasteiger partial charge is 0.0846 e. The SMILES string of the molecule is C#CCCc1cccc(C)c1C.C=C(C)C[C@@H](C)CC#CCCc1cccc(C)c1C.C=C(C)C[C@@H]1CO1. The molecule has 204 valence electrons. The lowest BCUT2D eigenvalue weighted by molar-refractivity contribution is 0.407. The van der Waals surface area contributed by atoms with Crippen molar-refractivity contribution in [2.24, 2.45) is 5.92 Å². The second-order valence-corrected chi connectivity index (χ2v) is 10.9. The van der Waals surface area contributed by atoms with E-state index in [1.165, 1.54) is 44.5 Å². The standard InChI is InChI=1S/C19H26.C12H14.C6H10O/c1-15(2)14-16(3)10-7-6-8-12-19-13-9-11-17(4)18(19)5;1-4-5-8-12-9-6-7-10(2)11(12)3;1-5(2)3-6-4-7-6/h9,11,13,16H,1,8,10,12,14H2,2-5H3;1,6-7,9H,5,8H2,2-3H3;6H,1,3-4H2,2H3/t16-;;6-/m0.1/s1. The molecule has 0 aliphatic carbocycles. The molecule has 0 spiro atoms. The maximum Gasteiger partial charge on any atom is 0.0846 e. The fourth-order valence-corrected chi connectivity index (χ4v) is 4.15. The topological polar surface area (TPSA) is 12.5 Å². The van der Waals surface area contributed by atoms with Crippen molar-refractivity contribution in [2.75, 3.05) is 6.61 Å². The predicted molar refractivity (Wildman–Crippen MR) is 167 cm³/mol. The Labute approximate surface area is 234 Å². The second kappa shape index (κ2) is 18.3. The maximum atomic E-state index is 5.21. The number of aryl methyl sites for hydroxylation is 4. The quantitative estimate of drug-likeness (QED) is 0.186. The number of allylic oxidation sites excluding steroid dienone is 1. The molecule has 0 saturated carbocycles. The Hall–Kier alpha value is -3.00. The van der Waals surface area contributed by atoms with Gasteiger partial charge in [-0.05, 0) is 107 Å². The average molecular weight is 511 g/mol. The normalized spacial score (nSPS) is 13.8. The Bertz CT molecular complexity index is 1130. The number of ether oxygens (including phenoxy) is 1. The van der Waals surface area contributed by atoms with Gasteiger partial charge in [0, 0.05) is 19.3 Å². The molecule has 2 atom stereocenters. The monoisotopic (exact) mass is 510 g/mol. The minimum Gasteiger partial charge on any atom is -0.373 e. The summed E-state index contributed by atoms with van der Waals surface area (Å²) in [6.45, 7) is 23.7. The molecule has 3 rings (SSSR count). The zero-order valence-electron chi connectivity index (χ0n) is 25.2. The van der Waals surface area contributed by atoms with Crippen LogP contribution < -0.4 is 0 Å². The van der Waals surface area contributed by atoms with Gasteiger partial charge in [-0.3, -0.25) is 0 Å². The molecule has 0 amide bonds. The lowest BCUT2D eigenvalue weighted by Crippen LogP contribution is -1.93. The van der Waals surface area contributed by atoms with Gasteiger partial charge in [0.2, 0.25) is 0 Å². The van der Waals surface area contributed by atoms with Gasteiger partial charge in [0.05, 0.1) is 12.7 Å². The lowest BCUT2D eigenvalue weighted by atomic mass is 9.99. The molecule has 1 saturated heterocycles. The summed E-state index contributed by atoms with van der Waals surface area (Å²) < 4.78 is 4.96. The van der Waals surface area contributed by atoms with Crippen molar-refractivity contribution < 1.29 is 4.74 Å². The molecule has 2 aromatic carbocycles. The van der Waals surface area contributed by atoms with Crippen molar-refractivity contribution >= 4 is 0 Å². The highest BCUT2D eigenvalue weighted by molar-refractivity contribution is 5.34. The van der Waals surface area contributed by atoms with Crippen LogP contribution in [-0.4, -0.2) is 12.7 Å². The summed E-state index contributed by atoms with van der Waals surface area (Å²) in [6, 6.07) is 12.9. The molecule has 1 nitrogen and oxygen atoms in total. The van der Waals surface area contributed by atoms with Crippen LogP contribution >= 0.6 is 0 Å². The van der Waals surface area contributed by atoms with E-state index in [0.29, 0.717) is 12.0 Å². The third-order valence-corrected chi connectivity index (χ3v) is 6.74. The van der Waals surface area contributed by atoms with E-state index < -0.39 is 0 Å². The van der Waals surface area contributed by atoms with Crippen LogP contribution in [0.25, 0.3) is 0 Å². The molecule has 0 N–H and O–H groups in total. The molecule has 0 radical (unpaired) electrons.